The molecule has 0 saturated carbocycles. The van der Waals surface area contributed by atoms with Gasteiger partial charge in [-0.3, -0.25) is 4.79 Å². The van der Waals surface area contributed by atoms with Crippen LogP contribution in [0, 0.1) is 0 Å². The zero-order valence-corrected chi connectivity index (χ0v) is 14.2. The van der Waals surface area contributed by atoms with Crippen LogP contribution in [-0.2, 0) is 6.54 Å². The Morgan fingerprint density at radius 2 is 1.88 bits per heavy atom. The van der Waals surface area contributed by atoms with Gasteiger partial charge >= 0.3 is 0 Å². The summed E-state index contributed by atoms with van der Waals surface area (Å²) in [6.07, 6.45) is 5.06. The van der Waals surface area contributed by atoms with E-state index in [0.717, 1.165) is 39.0 Å². The number of benzene rings is 1. The maximum atomic E-state index is 12.6. The Bertz CT molecular complexity index is 668. The summed E-state index contributed by atoms with van der Waals surface area (Å²) in [5.74, 6) is 0.637. The number of hydrogen-bond donors (Lipinski definition) is 0. The van der Waals surface area contributed by atoms with Crippen molar-refractivity contribution >= 4 is 11.9 Å². The van der Waals surface area contributed by atoms with E-state index in [1.54, 1.807) is 12.3 Å². The molecule has 24 heavy (non-hydrogen) atoms. The fourth-order valence-corrected chi connectivity index (χ4v) is 3.01. The Morgan fingerprint density at radius 1 is 1.12 bits per heavy atom. The lowest BCUT2D eigenvalue weighted by molar-refractivity contribution is 0.0718. The number of piperidine rings is 1. The highest BCUT2D eigenvalue weighted by Gasteiger charge is 2.20. The SMILES string of the molecule is CCN(Cc1ccccc1)c1nccc(C(=O)N2CCCCC2)n1. The van der Waals surface area contributed by atoms with Crippen LogP contribution >= 0.6 is 0 Å². The number of rotatable bonds is 5. The zero-order chi connectivity index (χ0) is 16.8. The first-order chi connectivity index (χ1) is 11.8. The standard InChI is InChI=1S/C19H24N4O/c1-2-22(15-16-9-5-3-6-10-16)19-20-12-11-17(21-19)18(24)23-13-7-4-8-14-23/h3,5-6,9-12H,2,4,7-8,13-15H2,1H3. The van der Waals surface area contributed by atoms with Crippen LogP contribution in [0.3, 0.4) is 0 Å². The second kappa shape index (κ2) is 7.90. The number of amides is 1. The molecule has 0 aliphatic carbocycles. The normalized spacial score (nSPS) is 14.5. The van der Waals surface area contributed by atoms with Gasteiger partial charge in [0.05, 0.1) is 0 Å². The molecule has 1 fully saturated rings. The molecule has 1 aliphatic rings. The molecule has 3 rings (SSSR count). The van der Waals surface area contributed by atoms with Gasteiger partial charge in [-0.05, 0) is 37.8 Å². The minimum absolute atomic E-state index is 0.0223. The number of anilines is 1. The minimum atomic E-state index is 0.0223. The number of nitrogens with zero attached hydrogens (tertiary/aromatic N) is 4. The largest absolute Gasteiger partial charge is 0.337 e. The Kier molecular flexibility index (Phi) is 5.41. The number of aromatic nitrogens is 2. The van der Waals surface area contributed by atoms with Crippen molar-refractivity contribution < 1.29 is 4.79 Å². The number of carbonyl (C=O) groups is 1. The molecule has 2 aromatic rings. The maximum Gasteiger partial charge on any atom is 0.272 e. The fraction of sp³-hybridized carbons (Fsp3) is 0.421. The van der Waals surface area contributed by atoms with Gasteiger partial charge in [0.15, 0.2) is 0 Å². The summed E-state index contributed by atoms with van der Waals surface area (Å²) in [5.41, 5.74) is 1.70. The van der Waals surface area contributed by atoms with Gasteiger partial charge in [0.2, 0.25) is 5.95 Å². The van der Waals surface area contributed by atoms with E-state index >= 15 is 0 Å². The number of likely N-dealkylation sites (tertiary alicyclic amines) is 1. The molecule has 5 heteroatoms. The zero-order valence-electron chi connectivity index (χ0n) is 14.2. The van der Waals surface area contributed by atoms with Crippen LogP contribution in [0.2, 0.25) is 0 Å². The topological polar surface area (TPSA) is 49.3 Å². The lowest BCUT2D eigenvalue weighted by Gasteiger charge is -2.27. The second-order valence-corrected chi connectivity index (χ2v) is 6.09. The van der Waals surface area contributed by atoms with Gasteiger partial charge in [-0.15, -0.1) is 0 Å². The summed E-state index contributed by atoms with van der Waals surface area (Å²) in [6.45, 7) is 5.26. The highest BCUT2D eigenvalue weighted by Crippen LogP contribution is 2.15. The Balaban J connectivity index is 1.76. The van der Waals surface area contributed by atoms with Gasteiger partial charge < -0.3 is 9.80 Å². The van der Waals surface area contributed by atoms with Crippen LogP contribution in [0.1, 0.15) is 42.2 Å². The van der Waals surface area contributed by atoms with Crippen molar-refractivity contribution in [3.8, 4) is 0 Å². The van der Waals surface area contributed by atoms with Gasteiger partial charge in [0.25, 0.3) is 5.91 Å². The van der Waals surface area contributed by atoms with Gasteiger partial charge in [-0.1, -0.05) is 30.3 Å². The van der Waals surface area contributed by atoms with E-state index in [1.807, 2.05) is 23.1 Å². The molecule has 126 valence electrons. The first kappa shape index (κ1) is 16.4. The van der Waals surface area contributed by atoms with Gasteiger partial charge in [-0.25, -0.2) is 9.97 Å². The van der Waals surface area contributed by atoms with Gasteiger partial charge in [0, 0.05) is 32.4 Å². The third-order valence-corrected chi connectivity index (χ3v) is 4.39. The van der Waals surface area contributed by atoms with E-state index < -0.39 is 0 Å². The van der Waals surface area contributed by atoms with E-state index in [4.69, 9.17) is 0 Å². The average molecular weight is 324 g/mol. The summed E-state index contributed by atoms with van der Waals surface area (Å²) in [4.78, 5) is 25.5. The van der Waals surface area contributed by atoms with Crippen molar-refractivity contribution in [2.24, 2.45) is 0 Å². The van der Waals surface area contributed by atoms with Crippen LogP contribution in [0.15, 0.2) is 42.6 Å². The van der Waals surface area contributed by atoms with Crippen LogP contribution in [-0.4, -0.2) is 40.4 Å². The molecule has 0 bridgehead atoms. The monoisotopic (exact) mass is 324 g/mol. The average Bonchev–Trinajstić information content (AvgIpc) is 2.67. The summed E-state index contributed by atoms with van der Waals surface area (Å²) in [5, 5.41) is 0. The molecule has 1 aliphatic heterocycles. The third-order valence-electron chi connectivity index (χ3n) is 4.39. The van der Waals surface area contributed by atoms with Crippen molar-refractivity contribution in [2.45, 2.75) is 32.7 Å². The molecule has 2 heterocycles. The van der Waals surface area contributed by atoms with Crippen LogP contribution in [0.4, 0.5) is 5.95 Å². The van der Waals surface area contributed by atoms with Gasteiger partial charge in [0.1, 0.15) is 5.69 Å². The molecular weight excluding hydrogens is 300 g/mol. The Morgan fingerprint density at radius 3 is 2.58 bits per heavy atom. The molecule has 0 spiro atoms. The Labute approximate surface area is 143 Å². The van der Waals surface area contributed by atoms with Crippen molar-refractivity contribution in [3.63, 3.8) is 0 Å². The smallest absolute Gasteiger partial charge is 0.272 e. The molecule has 1 aromatic heterocycles. The van der Waals surface area contributed by atoms with E-state index in [0.29, 0.717) is 11.6 Å². The van der Waals surface area contributed by atoms with E-state index in [2.05, 4.69) is 33.9 Å². The van der Waals surface area contributed by atoms with Crippen LogP contribution < -0.4 is 4.90 Å². The van der Waals surface area contributed by atoms with Crippen LogP contribution in [0.25, 0.3) is 0 Å². The highest BCUT2D eigenvalue weighted by molar-refractivity contribution is 5.92. The molecule has 5 nitrogen and oxygen atoms in total. The second-order valence-electron chi connectivity index (χ2n) is 6.09. The number of hydrogen-bond acceptors (Lipinski definition) is 4. The first-order valence-electron chi connectivity index (χ1n) is 8.69. The molecule has 1 saturated heterocycles. The predicted octanol–water partition coefficient (Wildman–Crippen LogP) is 3.13. The van der Waals surface area contributed by atoms with Crippen LogP contribution in [0.5, 0.6) is 0 Å². The van der Waals surface area contributed by atoms with Crippen molar-refractivity contribution in [2.75, 3.05) is 24.5 Å². The minimum Gasteiger partial charge on any atom is -0.337 e. The lowest BCUT2D eigenvalue weighted by Crippen LogP contribution is -2.36. The van der Waals surface area contributed by atoms with Gasteiger partial charge in [-0.2, -0.15) is 0 Å². The van der Waals surface area contributed by atoms with E-state index in [-0.39, 0.29) is 5.91 Å². The van der Waals surface area contributed by atoms with Crippen molar-refractivity contribution in [1.82, 2.24) is 14.9 Å². The summed E-state index contributed by atoms with van der Waals surface area (Å²) >= 11 is 0. The molecule has 1 aromatic carbocycles. The number of carbonyl (C=O) groups excluding carboxylic acids is 1. The molecule has 0 N–H and O–H groups in total. The third kappa shape index (κ3) is 3.91. The highest BCUT2D eigenvalue weighted by atomic mass is 16.2. The molecule has 0 radical (unpaired) electrons. The fourth-order valence-electron chi connectivity index (χ4n) is 3.01. The quantitative estimate of drug-likeness (QED) is 0.848. The van der Waals surface area contributed by atoms with E-state index in [1.165, 1.54) is 12.0 Å². The first-order valence-corrected chi connectivity index (χ1v) is 8.69. The predicted molar refractivity (Wildman–Crippen MR) is 95.0 cm³/mol. The molecule has 1 amide bonds. The van der Waals surface area contributed by atoms with Crippen molar-refractivity contribution in [3.05, 3.63) is 53.9 Å². The molecule has 0 unspecified atom stereocenters. The van der Waals surface area contributed by atoms with Crippen molar-refractivity contribution in [1.29, 1.82) is 0 Å². The Hall–Kier alpha value is -2.43. The lowest BCUT2D eigenvalue weighted by atomic mass is 10.1. The molecular formula is C19H24N4O. The summed E-state index contributed by atoms with van der Waals surface area (Å²) < 4.78 is 0. The summed E-state index contributed by atoms with van der Waals surface area (Å²) in [6, 6.07) is 12.0. The maximum absolute atomic E-state index is 12.6. The van der Waals surface area contributed by atoms with E-state index in [9.17, 15) is 4.79 Å². The summed E-state index contributed by atoms with van der Waals surface area (Å²) in [7, 11) is 0. The molecule has 0 atom stereocenters.